The minimum absolute atomic E-state index is 0.567. The molecule has 0 spiro atoms. The molecule has 4 N–H and O–H groups in total. The van der Waals surface area contributed by atoms with Gasteiger partial charge in [0.05, 0.1) is 25.2 Å². The number of rotatable bonds is 3. The SMILES string of the molecule is COc1cc2[nH]ncc2cc1C1(N)N=CNc2sc3c(c21)CCC(N(C)C)C3. The van der Waals surface area contributed by atoms with Gasteiger partial charge < -0.3 is 15.0 Å². The van der Waals surface area contributed by atoms with Gasteiger partial charge in [0, 0.05) is 33.5 Å². The quantitative estimate of drug-likeness (QED) is 0.633. The molecule has 1 aliphatic heterocycles. The van der Waals surface area contributed by atoms with Crippen LogP contribution in [0, 0.1) is 0 Å². The Labute approximate surface area is 167 Å². The normalized spacial score (nSPS) is 23.5. The van der Waals surface area contributed by atoms with E-state index in [0.717, 1.165) is 46.3 Å². The molecule has 0 radical (unpaired) electrons. The molecule has 0 fully saturated rings. The second-order valence-electron chi connectivity index (χ2n) is 7.75. The van der Waals surface area contributed by atoms with Crippen molar-refractivity contribution in [1.82, 2.24) is 15.1 Å². The summed E-state index contributed by atoms with van der Waals surface area (Å²) in [6.07, 6.45) is 6.71. The Hall–Kier alpha value is -2.42. The highest BCUT2D eigenvalue weighted by atomic mass is 32.1. The first-order valence-corrected chi connectivity index (χ1v) is 10.2. The number of hydrogen-bond acceptors (Lipinski definition) is 7. The molecule has 146 valence electrons. The summed E-state index contributed by atoms with van der Waals surface area (Å²) in [5.41, 5.74) is 10.3. The van der Waals surface area contributed by atoms with E-state index in [-0.39, 0.29) is 0 Å². The molecule has 0 saturated heterocycles. The standard InChI is InChI=1S/C20H24N6OS/c1-26(2)12-4-5-13-17(7-12)28-19-18(13)20(21,23-10-22-19)14-6-11-9-24-25-15(11)8-16(14)27-3/h6,8-10,12H,4-5,7,21H2,1-3H3,(H,22,23)(H,24,25). The Balaban J connectivity index is 1.69. The highest BCUT2D eigenvalue weighted by molar-refractivity contribution is 7.16. The number of aliphatic imine (C=N–C) groups is 1. The minimum Gasteiger partial charge on any atom is -0.496 e. The fraction of sp³-hybridized carbons (Fsp3) is 0.400. The van der Waals surface area contributed by atoms with Crippen LogP contribution in [0.25, 0.3) is 10.9 Å². The fourth-order valence-electron chi connectivity index (χ4n) is 4.41. The minimum atomic E-state index is -0.980. The number of benzene rings is 1. The van der Waals surface area contributed by atoms with Gasteiger partial charge in [0.25, 0.3) is 0 Å². The number of nitrogens with one attached hydrogen (secondary N) is 2. The highest BCUT2D eigenvalue weighted by Gasteiger charge is 2.42. The molecule has 3 aromatic rings. The van der Waals surface area contributed by atoms with E-state index in [1.807, 2.05) is 12.1 Å². The van der Waals surface area contributed by atoms with Crippen molar-refractivity contribution in [3.63, 3.8) is 0 Å². The molecule has 0 amide bonds. The predicted molar refractivity (Wildman–Crippen MR) is 114 cm³/mol. The molecule has 8 heteroatoms. The molecule has 28 heavy (non-hydrogen) atoms. The monoisotopic (exact) mass is 396 g/mol. The van der Waals surface area contributed by atoms with Crippen LogP contribution in [0.3, 0.4) is 0 Å². The summed E-state index contributed by atoms with van der Waals surface area (Å²) < 4.78 is 5.70. The van der Waals surface area contributed by atoms with Gasteiger partial charge in [-0.2, -0.15) is 5.10 Å². The zero-order valence-electron chi connectivity index (χ0n) is 16.2. The van der Waals surface area contributed by atoms with Crippen molar-refractivity contribution in [2.24, 2.45) is 10.7 Å². The molecule has 3 heterocycles. The lowest BCUT2D eigenvalue weighted by Gasteiger charge is -2.33. The number of H-pyrrole nitrogens is 1. The van der Waals surface area contributed by atoms with Gasteiger partial charge in [-0.3, -0.25) is 10.8 Å². The Bertz CT molecular complexity index is 1080. The molecule has 1 aliphatic carbocycles. The van der Waals surface area contributed by atoms with Crippen LogP contribution >= 0.6 is 11.3 Å². The fourth-order valence-corrected chi connectivity index (χ4v) is 5.76. The third kappa shape index (κ3) is 2.48. The number of likely N-dealkylation sites (N-methyl/N-ethyl adjacent to an activating group) is 1. The van der Waals surface area contributed by atoms with Crippen LogP contribution in [0.2, 0.25) is 0 Å². The maximum absolute atomic E-state index is 7.04. The van der Waals surface area contributed by atoms with E-state index in [9.17, 15) is 0 Å². The van der Waals surface area contributed by atoms with E-state index in [4.69, 9.17) is 15.5 Å². The van der Waals surface area contributed by atoms with E-state index < -0.39 is 5.66 Å². The Morgan fingerprint density at radius 1 is 1.36 bits per heavy atom. The molecular formula is C20H24N6OS. The van der Waals surface area contributed by atoms with E-state index in [0.29, 0.717) is 11.8 Å². The second kappa shape index (κ2) is 6.30. The second-order valence-corrected chi connectivity index (χ2v) is 8.85. The average molecular weight is 397 g/mol. The first-order valence-electron chi connectivity index (χ1n) is 9.43. The lowest BCUT2D eigenvalue weighted by molar-refractivity contribution is 0.269. The first-order chi connectivity index (χ1) is 13.5. The summed E-state index contributed by atoms with van der Waals surface area (Å²) in [6, 6.07) is 4.56. The van der Waals surface area contributed by atoms with Crippen molar-refractivity contribution in [3.05, 3.63) is 39.9 Å². The number of methoxy groups -OCH3 is 1. The molecule has 5 rings (SSSR count). The van der Waals surface area contributed by atoms with E-state index in [1.165, 1.54) is 10.4 Å². The number of aromatic amines is 1. The number of thiophene rings is 1. The summed E-state index contributed by atoms with van der Waals surface area (Å²) in [4.78, 5) is 8.46. The molecule has 2 unspecified atom stereocenters. The van der Waals surface area contributed by atoms with Crippen molar-refractivity contribution in [2.75, 3.05) is 26.5 Å². The summed E-state index contributed by atoms with van der Waals surface area (Å²) in [7, 11) is 5.98. The molecule has 0 saturated carbocycles. The number of nitrogens with zero attached hydrogens (tertiary/aromatic N) is 3. The smallest absolute Gasteiger partial charge is 0.168 e. The van der Waals surface area contributed by atoms with Gasteiger partial charge >= 0.3 is 0 Å². The van der Waals surface area contributed by atoms with Crippen molar-refractivity contribution < 1.29 is 4.74 Å². The Morgan fingerprint density at radius 2 is 2.21 bits per heavy atom. The van der Waals surface area contributed by atoms with Crippen LogP contribution in [0.15, 0.2) is 23.3 Å². The summed E-state index contributed by atoms with van der Waals surface area (Å²) in [5.74, 6) is 0.714. The molecule has 0 bridgehead atoms. The van der Waals surface area contributed by atoms with Gasteiger partial charge in [0.15, 0.2) is 5.66 Å². The first kappa shape index (κ1) is 17.7. The van der Waals surface area contributed by atoms with E-state index in [1.54, 1.807) is 31.0 Å². The van der Waals surface area contributed by atoms with Gasteiger partial charge in [-0.25, -0.2) is 4.99 Å². The van der Waals surface area contributed by atoms with Crippen molar-refractivity contribution >= 4 is 33.6 Å². The average Bonchev–Trinajstić information content (AvgIpc) is 3.30. The topological polar surface area (TPSA) is 91.6 Å². The third-order valence-electron chi connectivity index (χ3n) is 5.99. The van der Waals surface area contributed by atoms with Gasteiger partial charge in [-0.05, 0) is 45.0 Å². The zero-order chi connectivity index (χ0) is 19.5. The van der Waals surface area contributed by atoms with E-state index >= 15 is 0 Å². The number of aromatic nitrogens is 2. The maximum atomic E-state index is 7.04. The van der Waals surface area contributed by atoms with Crippen LogP contribution < -0.4 is 15.8 Å². The molecule has 1 aromatic carbocycles. The summed E-state index contributed by atoms with van der Waals surface area (Å²) >= 11 is 1.81. The molecule has 2 aromatic heterocycles. The lowest BCUT2D eigenvalue weighted by Crippen LogP contribution is -2.41. The summed E-state index contributed by atoms with van der Waals surface area (Å²) in [5, 5.41) is 12.6. The van der Waals surface area contributed by atoms with Crippen LogP contribution in [-0.4, -0.2) is 48.7 Å². The Kier molecular flexibility index (Phi) is 3.97. The summed E-state index contributed by atoms with van der Waals surface area (Å²) in [6.45, 7) is 0. The zero-order valence-corrected chi connectivity index (χ0v) is 17.1. The van der Waals surface area contributed by atoms with Gasteiger partial charge in [0.2, 0.25) is 0 Å². The maximum Gasteiger partial charge on any atom is 0.168 e. The van der Waals surface area contributed by atoms with Gasteiger partial charge in [-0.15, -0.1) is 11.3 Å². The number of hydrogen-bond donors (Lipinski definition) is 3. The molecule has 2 aliphatic rings. The van der Waals surface area contributed by atoms with Gasteiger partial charge in [0.1, 0.15) is 10.8 Å². The predicted octanol–water partition coefficient (Wildman–Crippen LogP) is 2.67. The molecule has 7 nitrogen and oxygen atoms in total. The molecular weight excluding hydrogens is 372 g/mol. The van der Waals surface area contributed by atoms with Crippen LogP contribution in [-0.2, 0) is 18.5 Å². The van der Waals surface area contributed by atoms with Crippen LogP contribution in [0.5, 0.6) is 5.75 Å². The van der Waals surface area contributed by atoms with Crippen molar-refractivity contribution in [1.29, 1.82) is 0 Å². The van der Waals surface area contributed by atoms with Crippen molar-refractivity contribution in [2.45, 2.75) is 31.0 Å². The van der Waals surface area contributed by atoms with E-state index in [2.05, 4.69) is 34.5 Å². The van der Waals surface area contributed by atoms with Gasteiger partial charge in [-0.1, -0.05) is 0 Å². The third-order valence-corrected chi connectivity index (χ3v) is 7.17. The van der Waals surface area contributed by atoms with Crippen molar-refractivity contribution in [3.8, 4) is 5.75 Å². The number of anilines is 1. The number of nitrogens with two attached hydrogens (primary N) is 1. The van der Waals surface area contributed by atoms with Crippen LogP contribution in [0.1, 0.15) is 28.0 Å². The number of ether oxygens (including phenoxy) is 1. The Morgan fingerprint density at radius 3 is 3.00 bits per heavy atom. The largest absolute Gasteiger partial charge is 0.496 e. The lowest BCUT2D eigenvalue weighted by atomic mass is 9.83. The number of fused-ring (bicyclic) bond motifs is 4. The van der Waals surface area contributed by atoms with Crippen LogP contribution in [0.4, 0.5) is 5.00 Å². The molecule has 2 atom stereocenters. The highest BCUT2D eigenvalue weighted by Crippen LogP contribution is 2.49.